The van der Waals surface area contributed by atoms with Gasteiger partial charge in [-0.25, -0.2) is 0 Å². The molecule has 0 nitrogen and oxygen atoms in total. The van der Waals surface area contributed by atoms with Crippen LogP contribution in [0, 0.1) is 0 Å². The summed E-state index contributed by atoms with van der Waals surface area (Å²) in [7, 11) is 0. The maximum absolute atomic E-state index is 2.62. The number of rotatable bonds is 6. The Morgan fingerprint density at radius 3 is 1.30 bits per heavy atom. The van der Waals surface area contributed by atoms with E-state index in [0.717, 1.165) is 12.8 Å². The Morgan fingerprint density at radius 1 is 0.550 bits per heavy atom. The van der Waals surface area contributed by atoms with Gasteiger partial charge in [0.15, 0.2) is 0 Å². The Bertz CT molecular complexity index is 1480. The summed E-state index contributed by atoms with van der Waals surface area (Å²) in [4.78, 5) is 0. The smallest absolute Gasteiger partial charge is 1.00 e. The normalized spacial score (nSPS) is 16.4. The Hall–Kier alpha value is -2.13. The van der Waals surface area contributed by atoms with Crippen molar-refractivity contribution in [2.75, 3.05) is 0 Å². The van der Waals surface area contributed by atoms with E-state index >= 15 is 0 Å². The largest absolute Gasteiger partial charge is 1.00 e. The van der Waals surface area contributed by atoms with E-state index in [4.69, 9.17) is 0 Å². The van der Waals surface area contributed by atoms with Crippen molar-refractivity contribution in [1.82, 2.24) is 0 Å². The molecule has 0 saturated carbocycles. The molecule has 0 bridgehead atoms. The third-order valence-electron chi connectivity index (χ3n) is 8.49. The molecule has 4 aromatic carbocycles. The van der Waals surface area contributed by atoms with Crippen molar-refractivity contribution >= 4 is 18.3 Å². The number of hydrogen-bond donors (Lipinski definition) is 0. The second-order valence-corrected chi connectivity index (χ2v) is 23.1. The van der Waals surface area contributed by atoms with Gasteiger partial charge in [0.2, 0.25) is 0 Å². The zero-order valence-corrected chi connectivity index (χ0v) is 27.8. The van der Waals surface area contributed by atoms with Gasteiger partial charge in [-0.3, -0.25) is 0 Å². The second kappa shape index (κ2) is 13.2. The molecule has 6 rings (SSSR count). The minimum absolute atomic E-state index is 0. The molecule has 4 aromatic rings. The summed E-state index contributed by atoms with van der Waals surface area (Å²) in [6.45, 7) is 10.0. The SMILES string of the molecule is CCC1=Cc2c(-c3ccccc3)cccc2[CH]1[Ti+2]([CH]1C(CC)=Cc2c(-c3ccccc3)cccc21)=[Si](C)C.[Cl-].[Cl-]. The monoisotopic (exact) mass is 614 g/mol. The maximum Gasteiger partial charge on any atom is -1.00 e. The fourth-order valence-electron chi connectivity index (χ4n) is 6.76. The van der Waals surface area contributed by atoms with Crippen LogP contribution in [-0.2, 0) is 16.6 Å². The first-order chi connectivity index (χ1) is 18.6. The third kappa shape index (κ3) is 5.40. The number of fused-ring (bicyclic) bond motifs is 2. The van der Waals surface area contributed by atoms with Gasteiger partial charge in [-0.05, 0) is 0 Å². The van der Waals surface area contributed by atoms with Crippen molar-refractivity contribution in [2.24, 2.45) is 0 Å². The first-order valence-corrected chi connectivity index (χ1v) is 20.7. The molecular formula is C36H36Cl2SiTi. The average molecular weight is 616 g/mol. The van der Waals surface area contributed by atoms with E-state index in [-0.39, 0.29) is 24.8 Å². The molecule has 0 spiro atoms. The molecule has 0 aromatic heterocycles. The van der Waals surface area contributed by atoms with Crippen LogP contribution >= 0.6 is 0 Å². The molecule has 0 heterocycles. The van der Waals surface area contributed by atoms with Crippen LogP contribution in [0.1, 0.15) is 57.4 Å². The summed E-state index contributed by atoms with van der Waals surface area (Å²) in [6, 6.07) is 36.2. The van der Waals surface area contributed by atoms with Crippen molar-refractivity contribution in [3.63, 3.8) is 0 Å². The van der Waals surface area contributed by atoms with E-state index in [9.17, 15) is 0 Å². The van der Waals surface area contributed by atoms with Gasteiger partial charge in [0.05, 0.1) is 0 Å². The number of benzene rings is 4. The topological polar surface area (TPSA) is 0 Å². The van der Waals surface area contributed by atoms with Crippen LogP contribution in [0.2, 0.25) is 13.1 Å². The minimum Gasteiger partial charge on any atom is -1.00 e. The van der Waals surface area contributed by atoms with E-state index in [2.05, 4.69) is 136 Å². The first kappa shape index (κ1) is 30.8. The van der Waals surface area contributed by atoms with Crippen LogP contribution in [-0.4, -0.2) is 6.19 Å². The van der Waals surface area contributed by atoms with Crippen molar-refractivity contribution in [2.45, 2.75) is 48.2 Å². The van der Waals surface area contributed by atoms with Gasteiger partial charge in [-0.2, -0.15) is 0 Å². The van der Waals surface area contributed by atoms with Crippen LogP contribution in [0.4, 0.5) is 0 Å². The summed E-state index contributed by atoms with van der Waals surface area (Å²) >= 11 is -1.68. The van der Waals surface area contributed by atoms with Crippen molar-refractivity contribution in [3.05, 3.63) is 130 Å². The second-order valence-electron chi connectivity index (χ2n) is 10.8. The number of halogens is 2. The molecular weight excluding hydrogens is 579 g/mol. The summed E-state index contributed by atoms with van der Waals surface area (Å²) < 4.78 is 1.29. The molecule has 202 valence electrons. The summed E-state index contributed by atoms with van der Waals surface area (Å²) in [6.07, 6.45) is 7.00. The molecule has 0 saturated heterocycles. The summed E-state index contributed by atoms with van der Waals surface area (Å²) in [5.41, 5.74) is 15.1. The fourth-order valence-corrected chi connectivity index (χ4v) is 20.6. The van der Waals surface area contributed by atoms with Gasteiger partial charge in [0.25, 0.3) is 0 Å². The van der Waals surface area contributed by atoms with Crippen molar-refractivity contribution in [3.8, 4) is 22.3 Å². The van der Waals surface area contributed by atoms with Crippen LogP contribution in [0.25, 0.3) is 34.4 Å². The minimum atomic E-state index is -1.68. The Labute approximate surface area is 259 Å². The van der Waals surface area contributed by atoms with Crippen LogP contribution in [0.5, 0.6) is 0 Å². The molecule has 0 amide bonds. The molecule has 2 atom stereocenters. The van der Waals surface area contributed by atoms with Crippen LogP contribution in [0.3, 0.4) is 0 Å². The van der Waals surface area contributed by atoms with Gasteiger partial charge >= 0.3 is 236 Å². The number of allylic oxidation sites excluding steroid dienone is 2. The molecule has 2 aliphatic rings. The third-order valence-corrected chi connectivity index (χ3v) is 21.5. The van der Waals surface area contributed by atoms with E-state index < -0.39 is 22.8 Å². The Morgan fingerprint density at radius 2 is 0.950 bits per heavy atom. The molecule has 2 aliphatic carbocycles. The van der Waals surface area contributed by atoms with Crippen molar-refractivity contribution < 1.29 is 41.4 Å². The molecule has 0 N–H and O–H groups in total. The molecule has 40 heavy (non-hydrogen) atoms. The fraction of sp³-hybridized carbons (Fsp3) is 0.222. The van der Waals surface area contributed by atoms with E-state index in [1.54, 1.807) is 22.3 Å². The quantitative estimate of drug-likeness (QED) is 0.284. The molecule has 0 fully saturated rings. The van der Waals surface area contributed by atoms with Crippen LogP contribution in [0.15, 0.2) is 108 Å². The van der Waals surface area contributed by atoms with Crippen molar-refractivity contribution in [1.29, 1.82) is 0 Å². The number of hydrogen-bond acceptors (Lipinski definition) is 0. The van der Waals surface area contributed by atoms with Gasteiger partial charge < -0.3 is 24.8 Å². The van der Waals surface area contributed by atoms with E-state index in [0.29, 0.717) is 8.45 Å². The van der Waals surface area contributed by atoms with E-state index in [1.807, 2.05) is 0 Å². The van der Waals surface area contributed by atoms with Gasteiger partial charge in [-0.1, -0.05) is 0 Å². The Balaban J connectivity index is 0.00000185. The molecule has 4 heteroatoms. The average Bonchev–Trinajstić information content (AvgIpc) is 3.52. The Kier molecular flexibility index (Phi) is 10.2. The summed E-state index contributed by atoms with van der Waals surface area (Å²) in [5, 5.41) is 0. The first-order valence-electron chi connectivity index (χ1n) is 14.1. The standard InChI is InChI=1S/2C17H15.C2H6Si.2ClH.Ti/c2*1-2-13-11-15-9-6-10-16(17(15)12-13)14-7-4-3-5-8-14;1-3-2;;;/h2*3-12H,2H2,1H3;1-2H3;2*1H;/q;;;;;+2/p-2. The van der Waals surface area contributed by atoms with Gasteiger partial charge in [0.1, 0.15) is 0 Å². The molecule has 2 unspecified atom stereocenters. The van der Waals surface area contributed by atoms with E-state index in [1.165, 1.54) is 33.4 Å². The molecule has 0 aliphatic heterocycles. The van der Waals surface area contributed by atoms with Crippen LogP contribution < -0.4 is 24.8 Å². The van der Waals surface area contributed by atoms with Gasteiger partial charge in [0, 0.05) is 0 Å². The predicted octanol–water partition coefficient (Wildman–Crippen LogP) is 4.29. The summed E-state index contributed by atoms with van der Waals surface area (Å²) in [5.74, 6) is 0. The molecule has 0 radical (unpaired) electrons. The predicted molar refractivity (Wildman–Crippen MR) is 163 cm³/mol. The maximum atomic E-state index is 2.62. The van der Waals surface area contributed by atoms with Gasteiger partial charge in [-0.15, -0.1) is 0 Å². The zero-order chi connectivity index (χ0) is 26.2. The zero-order valence-electron chi connectivity index (χ0n) is 23.7.